The number of benzene rings is 1. The number of sulfonamides is 1. The average molecular weight is 372 g/mol. The van der Waals surface area contributed by atoms with E-state index >= 15 is 0 Å². The van der Waals surface area contributed by atoms with Gasteiger partial charge in [-0.2, -0.15) is 0 Å². The van der Waals surface area contributed by atoms with Crippen LogP contribution in [0.15, 0.2) is 46.3 Å². The molecule has 0 unspecified atom stereocenters. The lowest BCUT2D eigenvalue weighted by Gasteiger charge is -2.08. The first-order valence-electron chi connectivity index (χ1n) is 6.70. The van der Waals surface area contributed by atoms with Gasteiger partial charge in [0.1, 0.15) is 0 Å². The predicted molar refractivity (Wildman–Crippen MR) is 85.5 cm³/mol. The molecule has 1 N–H and O–H groups in total. The molecule has 7 heteroatoms. The minimum absolute atomic E-state index is 0.304. The standard InChI is InChI=1S/C14H18BrN3O2S/c1-12-10-13(4-5-14(12)15)21(19,20)17-6-2-3-8-18-9-7-16-11-18/h4-5,7,9-11,17H,2-3,6,8H2,1H3. The first kappa shape index (κ1) is 16.2. The molecular weight excluding hydrogens is 354 g/mol. The number of unbranched alkanes of at least 4 members (excludes halogenated alkanes) is 1. The Bertz CT molecular complexity index is 684. The van der Waals surface area contributed by atoms with Crippen LogP contribution < -0.4 is 4.72 Å². The van der Waals surface area contributed by atoms with Crippen LogP contribution in [0, 0.1) is 6.92 Å². The maximum absolute atomic E-state index is 12.1. The van der Waals surface area contributed by atoms with Crippen LogP contribution in [0.1, 0.15) is 18.4 Å². The Morgan fingerprint density at radius 3 is 2.81 bits per heavy atom. The lowest BCUT2D eigenvalue weighted by atomic mass is 10.2. The van der Waals surface area contributed by atoms with E-state index in [1.807, 2.05) is 17.7 Å². The summed E-state index contributed by atoms with van der Waals surface area (Å²) in [6, 6.07) is 5.02. The minimum atomic E-state index is -3.42. The van der Waals surface area contributed by atoms with Gasteiger partial charge in [0.2, 0.25) is 10.0 Å². The maximum Gasteiger partial charge on any atom is 0.240 e. The normalized spacial score (nSPS) is 11.7. The summed E-state index contributed by atoms with van der Waals surface area (Å²) in [6.07, 6.45) is 7.08. The largest absolute Gasteiger partial charge is 0.337 e. The highest BCUT2D eigenvalue weighted by molar-refractivity contribution is 9.10. The molecule has 1 heterocycles. The van der Waals surface area contributed by atoms with Gasteiger partial charge in [-0.05, 0) is 43.5 Å². The Morgan fingerprint density at radius 1 is 1.33 bits per heavy atom. The van der Waals surface area contributed by atoms with Crippen LogP contribution in [-0.4, -0.2) is 24.5 Å². The number of rotatable bonds is 7. The Kier molecular flexibility index (Phi) is 5.55. The second kappa shape index (κ2) is 7.20. The fourth-order valence-corrected chi connectivity index (χ4v) is 3.32. The van der Waals surface area contributed by atoms with Crippen LogP contribution in [0.3, 0.4) is 0 Å². The SMILES string of the molecule is Cc1cc(S(=O)(=O)NCCCCn2ccnc2)ccc1Br. The quantitative estimate of drug-likeness (QED) is 0.761. The van der Waals surface area contributed by atoms with E-state index in [4.69, 9.17) is 0 Å². The van der Waals surface area contributed by atoms with Crippen LogP contribution in [-0.2, 0) is 16.6 Å². The van der Waals surface area contributed by atoms with E-state index in [9.17, 15) is 8.42 Å². The fraction of sp³-hybridized carbons (Fsp3) is 0.357. The van der Waals surface area contributed by atoms with Crippen molar-refractivity contribution >= 4 is 26.0 Å². The van der Waals surface area contributed by atoms with Gasteiger partial charge in [-0.3, -0.25) is 0 Å². The van der Waals surface area contributed by atoms with Crippen LogP contribution >= 0.6 is 15.9 Å². The summed E-state index contributed by atoms with van der Waals surface area (Å²) < 4.78 is 29.8. The van der Waals surface area contributed by atoms with Crippen molar-refractivity contribution in [3.63, 3.8) is 0 Å². The van der Waals surface area contributed by atoms with Crippen molar-refractivity contribution < 1.29 is 8.42 Å². The zero-order valence-corrected chi connectivity index (χ0v) is 14.2. The van der Waals surface area contributed by atoms with Gasteiger partial charge in [-0.25, -0.2) is 18.1 Å². The summed E-state index contributed by atoms with van der Waals surface area (Å²) in [5.41, 5.74) is 0.901. The van der Waals surface area contributed by atoms with Gasteiger partial charge >= 0.3 is 0 Å². The molecular formula is C14H18BrN3O2S. The highest BCUT2D eigenvalue weighted by Crippen LogP contribution is 2.19. The fourth-order valence-electron chi connectivity index (χ4n) is 1.91. The first-order chi connectivity index (χ1) is 9.99. The molecule has 0 aliphatic rings. The zero-order chi connectivity index (χ0) is 15.3. The maximum atomic E-state index is 12.1. The molecule has 1 aromatic carbocycles. The van der Waals surface area contributed by atoms with E-state index in [1.54, 1.807) is 30.7 Å². The molecule has 1 aromatic heterocycles. The van der Waals surface area contributed by atoms with Crippen molar-refractivity contribution in [3.8, 4) is 0 Å². The van der Waals surface area contributed by atoms with Crippen molar-refractivity contribution in [2.75, 3.05) is 6.54 Å². The molecule has 5 nitrogen and oxygen atoms in total. The molecule has 0 fully saturated rings. The topological polar surface area (TPSA) is 64.0 Å². The lowest BCUT2D eigenvalue weighted by Crippen LogP contribution is -2.25. The molecule has 0 spiro atoms. The van der Waals surface area contributed by atoms with Gasteiger partial charge in [0, 0.05) is 30.0 Å². The van der Waals surface area contributed by atoms with Crippen molar-refractivity contribution in [1.29, 1.82) is 0 Å². The molecule has 0 aliphatic heterocycles. The Hall–Kier alpha value is -1.18. The zero-order valence-electron chi connectivity index (χ0n) is 11.8. The number of hydrogen-bond donors (Lipinski definition) is 1. The Labute approximate surface area is 133 Å². The summed E-state index contributed by atoms with van der Waals surface area (Å²) in [4.78, 5) is 4.27. The van der Waals surface area contributed by atoms with E-state index in [0.717, 1.165) is 29.4 Å². The molecule has 0 saturated carbocycles. The number of imidazole rings is 1. The predicted octanol–water partition coefficient (Wildman–Crippen LogP) is 2.71. The number of nitrogens with one attached hydrogen (secondary N) is 1. The van der Waals surface area contributed by atoms with Gasteiger partial charge in [0.05, 0.1) is 11.2 Å². The van der Waals surface area contributed by atoms with Gasteiger partial charge in [0.25, 0.3) is 0 Å². The number of aryl methyl sites for hydroxylation is 2. The second-order valence-corrected chi connectivity index (χ2v) is 7.44. The number of halogens is 1. The number of nitrogens with zero attached hydrogens (tertiary/aromatic N) is 2. The molecule has 0 bridgehead atoms. The van der Waals surface area contributed by atoms with Gasteiger partial charge in [0.15, 0.2) is 0 Å². The Balaban J connectivity index is 1.82. The van der Waals surface area contributed by atoms with Crippen LogP contribution in [0.5, 0.6) is 0 Å². The highest BCUT2D eigenvalue weighted by Gasteiger charge is 2.13. The van der Waals surface area contributed by atoms with Crippen molar-refractivity contribution in [1.82, 2.24) is 14.3 Å². The van der Waals surface area contributed by atoms with Crippen LogP contribution in [0.4, 0.5) is 0 Å². The van der Waals surface area contributed by atoms with E-state index in [0.29, 0.717) is 11.4 Å². The molecule has 2 rings (SSSR count). The molecule has 114 valence electrons. The molecule has 0 radical (unpaired) electrons. The summed E-state index contributed by atoms with van der Waals surface area (Å²) in [7, 11) is -3.42. The third-order valence-electron chi connectivity index (χ3n) is 3.13. The number of hydrogen-bond acceptors (Lipinski definition) is 3. The molecule has 0 atom stereocenters. The first-order valence-corrected chi connectivity index (χ1v) is 8.98. The molecule has 2 aromatic rings. The summed E-state index contributed by atoms with van der Waals surface area (Å²) in [6.45, 7) is 3.15. The van der Waals surface area contributed by atoms with Gasteiger partial charge in [-0.1, -0.05) is 15.9 Å². The minimum Gasteiger partial charge on any atom is -0.337 e. The van der Waals surface area contributed by atoms with Crippen LogP contribution in [0.25, 0.3) is 0 Å². The third kappa shape index (κ3) is 4.66. The smallest absolute Gasteiger partial charge is 0.240 e. The molecule has 0 amide bonds. The van der Waals surface area contributed by atoms with Crippen molar-refractivity contribution in [3.05, 3.63) is 47.0 Å². The summed E-state index contributed by atoms with van der Waals surface area (Å²) in [5, 5.41) is 0. The molecule has 0 aliphatic carbocycles. The van der Waals surface area contributed by atoms with Crippen molar-refractivity contribution in [2.24, 2.45) is 0 Å². The molecule has 0 saturated heterocycles. The highest BCUT2D eigenvalue weighted by atomic mass is 79.9. The summed E-state index contributed by atoms with van der Waals surface area (Å²) >= 11 is 3.37. The van der Waals surface area contributed by atoms with Crippen LogP contribution in [0.2, 0.25) is 0 Å². The monoisotopic (exact) mass is 371 g/mol. The van der Waals surface area contributed by atoms with Gasteiger partial charge in [-0.15, -0.1) is 0 Å². The summed E-state index contributed by atoms with van der Waals surface area (Å²) in [5.74, 6) is 0. The molecule has 21 heavy (non-hydrogen) atoms. The van der Waals surface area contributed by atoms with Gasteiger partial charge < -0.3 is 4.57 Å². The van der Waals surface area contributed by atoms with Crippen molar-refractivity contribution in [2.45, 2.75) is 31.2 Å². The lowest BCUT2D eigenvalue weighted by molar-refractivity contribution is 0.566. The second-order valence-electron chi connectivity index (χ2n) is 4.82. The van der Waals surface area contributed by atoms with E-state index in [1.165, 1.54) is 0 Å². The van der Waals surface area contributed by atoms with E-state index in [-0.39, 0.29) is 0 Å². The van der Waals surface area contributed by atoms with E-state index < -0.39 is 10.0 Å². The Morgan fingerprint density at radius 2 is 2.14 bits per heavy atom. The van der Waals surface area contributed by atoms with E-state index in [2.05, 4.69) is 25.6 Å². The average Bonchev–Trinajstić information content (AvgIpc) is 2.94. The number of aromatic nitrogens is 2. The third-order valence-corrected chi connectivity index (χ3v) is 5.48.